The van der Waals surface area contributed by atoms with Crippen molar-refractivity contribution in [2.75, 3.05) is 25.6 Å². The van der Waals surface area contributed by atoms with E-state index in [-0.39, 0.29) is 5.82 Å². The zero-order valence-corrected chi connectivity index (χ0v) is 7.09. The molecule has 0 atom stereocenters. The summed E-state index contributed by atoms with van der Waals surface area (Å²) in [5.41, 5.74) is -1.16. The summed E-state index contributed by atoms with van der Waals surface area (Å²) in [6.07, 6.45) is 0. The van der Waals surface area contributed by atoms with E-state index in [1.165, 1.54) is 0 Å². The van der Waals surface area contributed by atoms with Gasteiger partial charge in [0.1, 0.15) is 0 Å². The lowest BCUT2D eigenvalue weighted by Gasteiger charge is -2.01. The smallest absolute Gasteiger partial charge is 0.342 e. The zero-order chi connectivity index (χ0) is 9.68. The first-order valence-corrected chi connectivity index (χ1v) is 3.66. The molecule has 0 spiro atoms. The Morgan fingerprint density at radius 2 is 2.31 bits per heavy atom. The van der Waals surface area contributed by atoms with Gasteiger partial charge in [0.15, 0.2) is 0 Å². The summed E-state index contributed by atoms with van der Waals surface area (Å²) in [6.45, 7) is 0.916. The number of nitrogens with zero attached hydrogens (tertiary/aromatic N) is 1. The van der Waals surface area contributed by atoms with Crippen molar-refractivity contribution in [2.24, 2.45) is 0 Å². The lowest BCUT2D eigenvalue weighted by atomic mass is 10.6. The van der Waals surface area contributed by atoms with Crippen molar-refractivity contribution in [2.45, 2.75) is 0 Å². The van der Waals surface area contributed by atoms with Gasteiger partial charge < -0.3 is 10.1 Å². The Labute approximate surface area is 73.1 Å². The predicted octanol–water partition coefficient (Wildman–Crippen LogP) is -1.48. The third kappa shape index (κ3) is 2.71. The molecule has 0 saturated heterocycles. The fourth-order valence-electron chi connectivity index (χ4n) is 0.739. The Hall–Kier alpha value is -1.63. The van der Waals surface area contributed by atoms with E-state index in [2.05, 4.69) is 15.5 Å². The van der Waals surface area contributed by atoms with Crippen LogP contribution in [0.5, 0.6) is 0 Å². The SMILES string of the molecule is COCCNc1n[nH]c(=O)[nH]c1=O. The third-order valence-electron chi connectivity index (χ3n) is 1.31. The second kappa shape index (κ2) is 4.41. The van der Waals surface area contributed by atoms with Gasteiger partial charge in [-0.15, -0.1) is 5.10 Å². The summed E-state index contributed by atoms with van der Waals surface area (Å²) in [6, 6.07) is 0. The highest BCUT2D eigenvalue weighted by molar-refractivity contribution is 5.28. The number of anilines is 1. The molecule has 7 heteroatoms. The fraction of sp³-hybridized carbons (Fsp3) is 0.500. The molecule has 0 fully saturated rings. The number of hydrogen-bond donors (Lipinski definition) is 3. The molecule has 0 aliphatic heterocycles. The molecule has 0 amide bonds. The summed E-state index contributed by atoms with van der Waals surface area (Å²) in [4.78, 5) is 23.6. The summed E-state index contributed by atoms with van der Waals surface area (Å²) < 4.78 is 4.75. The van der Waals surface area contributed by atoms with E-state index >= 15 is 0 Å². The number of hydrogen-bond acceptors (Lipinski definition) is 5. The predicted molar refractivity (Wildman–Crippen MR) is 45.8 cm³/mol. The number of methoxy groups -OCH3 is 1. The van der Waals surface area contributed by atoms with Crippen LogP contribution in [-0.4, -0.2) is 35.4 Å². The van der Waals surface area contributed by atoms with Crippen LogP contribution < -0.4 is 16.6 Å². The van der Waals surface area contributed by atoms with Crippen molar-refractivity contribution in [3.63, 3.8) is 0 Å². The van der Waals surface area contributed by atoms with E-state index in [9.17, 15) is 9.59 Å². The molecule has 1 rings (SSSR count). The van der Waals surface area contributed by atoms with Crippen molar-refractivity contribution >= 4 is 5.82 Å². The van der Waals surface area contributed by atoms with Crippen LogP contribution in [0.2, 0.25) is 0 Å². The largest absolute Gasteiger partial charge is 0.383 e. The Kier molecular flexibility index (Phi) is 3.21. The Balaban J connectivity index is 2.67. The molecule has 0 radical (unpaired) electrons. The average Bonchev–Trinajstić information content (AvgIpc) is 2.09. The van der Waals surface area contributed by atoms with Gasteiger partial charge in [0.2, 0.25) is 5.82 Å². The van der Waals surface area contributed by atoms with Gasteiger partial charge in [0, 0.05) is 13.7 Å². The maximum Gasteiger partial charge on any atom is 0.342 e. The fourth-order valence-corrected chi connectivity index (χ4v) is 0.739. The van der Waals surface area contributed by atoms with Crippen LogP contribution in [0.25, 0.3) is 0 Å². The summed E-state index contributed by atoms with van der Waals surface area (Å²) >= 11 is 0. The van der Waals surface area contributed by atoms with Crippen molar-refractivity contribution < 1.29 is 4.74 Å². The van der Waals surface area contributed by atoms with Crippen molar-refractivity contribution in [3.05, 3.63) is 20.8 Å². The lowest BCUT2D eigenvalue weighted by Crippen LogP contribution is -2.27. The topological polar surface area (TPSA) is 99.9 Å². The van der Waals surface area contributed by atoms with E-state index < -0.39 is 11.2 Å². The number of aromatic amines is 2. The van der Waals surface area contributed by atoms with Gasteiger partial charge >= 0.3 is 5.69 Å². The van der Waals surface area contributed by atoms with Crippen LogP contribution in [0, 0.1) is 0 Å². The normalized spacial score (nSPS) is 9.92. The minimum atomic E-state index is -0.623. The number of aromatic nitrogens is 3. The van der Waals surface area contributed by atoms with Crippen molar-refractivity contribution in [1.29, 1.82) is 0 Å². The summed E-state index contributed by atoms with van der Waals surface area (Å²) in [7, 11) is 1.55. The first kappa shape index (κ1) is 9.46. The third-order valence-corrected chi connectivity index (χ3v) is 1.31. The van der Waals surface area contributed by atoms with Crippen LogP contribution in [-0.2, 0) is 4.74 Å². The number of nitrogens with one attached hydrogen (secondary N) is 3. The molecule has 1 heterocycles. The van der Waals surface area contributed by atoms with Gasteiger partial charge in [-0.25, -0.2) is 9.89 Å². The van der Waals surface area contributed by atoms with Crippen LogP contribution in [0.1, 0.15) is 0 Å². The van der Waals surface area contributed by atoms with E-state index in [1.807, 2.05) is 4.98 Å². The molecule has 0 aliphatic rings. The zero-order valence-electron chi connectivity index (χ0n) is 7.09. The Bertz CT molecular complexity index is 369. The number of H-pyrrole nitrogens is 2. The maximum atomic E-state index is 11.0. The van der Waals surface area contributed by atoms with Gasteiger partial charge in [-0.3, -0.25) is 9.78 Å². The molecule has 0 saturated carbocycles. The van der Waals surface area contributed by atoms with Gasteiger partial charge in [-0.1, -0.05) is 0 Å². The minimum Gasteiger partial charge on any atom is -0.383 e. The molecule has 0 aliphatic carbocycles. The first-order valence-electron chi connectivity index (χ1n) is 3.66. The van der Waals surface area contributed by atoms with E-state index in [0.29, 0.717) is 13.2 Å². The van der Waals surface area contributed by atoms with E-state index in [4.69, 9.17) is 4.74 Å². The van der Waals surface area contributed by atoms with Crippen LogP contribution in [0.15, 0.2) is 9.59 Å². The highest BCUT2D eigenvalue weighted by Crippen LogP contribution is 1.84. The van der Waals surface area contributed by atoms with Crippen LogP contribution in [0.3, 0.4) is 0 Å². The van der Waals surface area contributed by atoms with Gasteiger partial charge in [0.25, 0.3) is 5.56 Å². The van der Waals surface area contributed by atoms with Crippen LogP contribution in [0.4, 0.5) is 5.82 Å². The quantitative estimate of drug-likeness (QED) is 0.498. The Morgan fingerprint density at radius 3 is 2.92 bits per heavy atom. The second-order valence-corrected chi connectivity index (χ2v) is 2.28. The van der Waals surface area contributed by atoms with Crippen molar-refractivity contribution in [3.8, 4) is 0 Å². The molecule has 13 heavy (non-hydrogen) atoms. The molecule has 0 aromatic carbocycles. The van der Waals surface area contributed by atoms with Crippen molar-refractivity contribution in [1.82, 2.24) is 15.2 Å². The van der Waals surface area contributed by atoms with E-state index in [0.717, 1.165) is 0 Å². The lowest BCUT2D eigenvalue weighted by molar-refractivity contribution is 0.210. The molecule has 72 valence electrons. The maximum absolute atomic E-state index is 11.0. The van der Waals surface area contributed by atoms with Crippen LogP contribution >= 0.6 is 0 Å². The number of rotatable bonds is 4. The van der Waals surface area contributed by atoms with Gasteiger partial charge in [-0.05, 0) is 0 Å². The highest BCUT2D eigenvalue weighted by atomic mass is 16.5. The molecule has 1 aromatic heterocycles. The van der Waals surface area contributed by atoms with Gasteiger partial charge in [0.05, 0.1) is 6.61 Å². The first-order chi connectivity index (χ1) is 6.24. The molecule has 3 N–H and O–H groups in total. The summed E-state index contributed by atoms with van der Waals surface area (Å²) in [5, 5.41) is 8.30. The summed E-state index contributed by atoms with van der Waals surface area (Å²) in [5.74, 6) is 0.0802. The standard InChI is InChI=1S/C6H10N4O3/c1-13-3-2-7-4-5(11)8-6(12)10-9-4/h2-3H2,1H3,(H,7,9)(H2,8,10,11,12). The van der Waals surface area contributed by atoms with Gasteiger partial charge in [-0.2, -0.15) is 0 Å². The number of ether oxygens (including phenoxy) is 1. The minimum absolute atomic E-state index is 0.0802. The molecule has 0 unspecified atom stereocenters. The molecule has 7 nitrogen and oxygen atoms in total. The van der Waals surface area contributed by atoms with E-state index in [1.54, 1.807) is 7.11 Å². The molecular weight excluding hydrogens is 176 g/mol. The molecule has 1 aromatic rings. The highest BCUT2D eigenvalue weighted by Gasteiger charge is 1.99. The average molecular weight is 186 g/mol. The molecular formula is C6H10N4O3. The monoisotopic (exact) mass is 186 g/mol. The molecule has 0 bridgehead atoms. The Morgan fingerprint density at radius 1 is 1.54 bits per heavy atom. The second-order valence-electron chi connectivity index (χ2n) is 2.28.